The van der Waals surface area contributed by atoms with E-state index < -0.39 is 0 Å². The van der Waals surface area contributed by atoms with Crippen molar-refractivity contribution in [2.24, 2.45) is 5.92 Å². The van der Waals surface area contributed by atoms with E-state index in [9.17, 15) is 4.79 Å². The molecular weight excluding hydrogens is 262 g/mol. The Kier molecular flexibility index (Phi) is 4.86. The van der Waals surface area contributed by atoms with Gasteiger partial charge in [-0.25, -0.2) is 4.98 Å². The fourth-order valence-corrected chi connectivity index (χ4v) is 2.89. The lowest BCUT2D eigenvalue weighted by Gasteiger charge is -2.33. The topological polar surface area (TPSA) is 38.1 Å². The molecule has 0 saturated carbocycles. The number of halogens is 1. The molecule has 0 N–H and O–H groups in total. The van der Waals surface area contributed by atoms with E-state index in [4.69, 9.17) is 11.6 Å². The highest BCUT2D eigenvalue weighted by molar-refractivity contribution is 6.20. The van der Waals surface area contributed by atoms with E-state index >= 15 is 0 Å². The van der Waals surface area contributed by atoms with Crippen molar-refractivity contribution in [3.8, 4) is 0 Å². The van der Waals surface area contributed by atoms with Crippen molar-refractivity contribution in [2.75, 3.05) is 18.0 Å². The molecule has 2 heterocycles. The minimum absolute atomic E-state index is 0.0294. The summed E-state index contributed by atoms with van der Waals surface area (Å²) >= 11 is 6.15. The molecule has 106 valence electrons. The number of hydrogen-bond donors (Lipinski definition) is 0. The third-order valence-corrected chi connectivity index (χ3v) is 4.21. The zero-order valence-electron chi connectivity index (χ0n) is 11.7. The molecule has 0 bridgehead atoms. The first-order valence-corrected chi connectivity index (χ1v) is 7.51. The second-order valence-electron chi connectivity index (χ2n) is 5.25. The summed E-state index contributed by atoms with van der Waals surface area (Å²) in [6.45, 7) is 6.63. The smallest absolute Gasteiger partial charge is 0.293 e. The average Bonchev–Trinajstić information content (AvgIpc) is 2.41. The maximum atomic E-state index is 12.3. The predicted molar refractivity (Wildman–Crippen MR) is 79.0 cm³/mol. The molecule has 5 heteroatoms. The Labute approximate surface area is 119 Å². The van der Waals surface area contributed by atoms with Gasteiger partial charge in [-0.1, -0.05) is 6.92 Å². The van der Waals surface area contributed by atoms with Crippen LogP contribution in [0.2, 0.25) is 0 Å². The molecule has 1 aliphatic heterocycles. The largest absolute Gasteiger partial charge is 0.352 e. The first-order chi connectivity index (χ1) is 9.13. The van der Waals surface area contributed by atoms with Gasteiger partial charge in [0.15, 0.2) is 5.82 Å². The van der Waals surface area contributed by atoms with Gasteiger partial charge < -0.3 is 9.47 Å². The highest BCUT2D eigenvalue weighted by Crippen LogP contribution is 2.25. The molecule has 0 radical (unpaired) electrons. The number of anilines is 1. The summed E-state index contributed by atoms with van der Waals surface area (Å²) in [5.74, 6) is 1.15. The molecule has 1 saturated heterocycles. The number of aromatic nitrogens is 2. The van der Waals surface area contributed by atoms with Gasteiger partial charge in [-0.05, 0) is 32.1 Å². The highest BCUT2D eigenvalue weighted by atomic mass is 35.5. The molecule has 1 aliphatic rings. The van der Waals surface area contributed by atoms with Crippen LogP contribution in [0.1, 0.15) is 33.1 Å². The van der Waals surface area contributed by atoms with E-state index in [0.717, 1.165) is 38.9 Å². The average molecular weight is 284 g/mol. The molecule has 0 aromatic carbocycles. The lowest BCUT2D eigenvalue weighted by Crippen LogP contribution is -2.40. The number of rotatable bonds is 4. The molecule has 0 spiro atoms. The van der Waals surface area contributed by atoms with E-state index in [-0.39, 0.29) is 10.9 Å². The number of alkyl halides is 1. The fraction of sp³-hybridized carbons (Fsp3) is 0.714. The van der Waals surface area contributed by atoms with Crippen molar-refractivity contribution in [3.63, 3.8) is 0 Å². The summed E-state index contributed by atoms with van der Waals surface area (Å²) in [5, 5.41) is 0.211. The van der Waals surface area contributed by atoms with Crippen molar-refractivity contribution in [1.29, 1.82) is 0 Å². The molecule has 1 aromatic heterocycles. The number of hydrogen-bond acceptors (Lipinski definition) is 3. The monoisotopic (exact) mass is 283 g/mol. The maximum Gasteiger partial charge on any atom is 0.293 e. The van der Waals surface area contributed by atoms with Gasteiger partial charge in [0.1, 0.15) is 0 Å². The van der Waals surface area contributed by atoms with Crippen molar-refractivity contribution < 1.29 is 0 Å². The second-order valence-corrected chi connectivity index (χ2v) is 5.94. The molecule has 0 aliphatic carbocycles. The van der Waals surface area contributed by atoms with Gasteiger partial charge in [0, 0.05) is 37.4 Å². The second kappa shape index (κ2) is 6.42. The standard InChI is InChI=1S/C14H22ClN3O/c1-3-7-18-10-6-16-13(14(18)19)17-8-4-12(5-9-17)11(2)15/h6,10-12H,3-5,7-9H2,1-2H3. The molecule has 2 rings (SSSR count). The summed E-state index contributed by atoms with van der Waals surface area (Å²) in [5.41, 5.74) is 0.0294. The SMILES string of the molecule is CCCn1ccnc(N2CCC(C(C)Cl)CC2)c1=O. The van der Waals surface area contributed by atoms with Gasteiger partial charge in [-0.3, -0.25) is 4.79 Å². The zero-order valence-corrected chi connectivity index (χ0v) is 12.4. The van der Waals surface area contributed by atoms with E-state index in [0.29, 0.717) is 11.7 Å². The fourth-order valence-electron chi connectivity index (χ4n) is 2.64. The molecule has 1 atom stereocenters. The predicted octanol–water partition coefficient (Wildman–Crippen LogP) is 2.50. The zero-order chi connectivity index (χ0) is 13.8. The quantitative estimate of drug-likeness (QED) is 0.797. The van der Waals surface area contributed by atoms with Crippen LogP contribution in [0.5, 0.6) is 0 Å². The van der Waals surface area contributed by atoms with E-state index in [1.165, 1.54) is 0 Å². The molecule has 19 heavy (non-hydrogen) atoms. The van der Waals surface area contributed by atoms with Gasteiger partial charge in [0.05, 0.1) is 0 Å². The third-order valence-electron chi connectivity index (χ3n) is 3.85. The van der Waals surface area contributed by atoms with Crippen molar-refractivity contribution >= 4 is 17.4 Å². The molecule has 1 fully saturated rings. The Hall–Kier alpha value is -1.03. The molecule has 4 nitrogen and oxygen atoms in total. The number of piperidine rings is 1. The van der Waals surface area contributed by atoms with Crippen LogP contribution in [0.15, 0.2) is 17.2 Å². The molecule has 1 unspecified atom stereocenters. The first-order valence-electron chi connectivity index (χ1n) is 7.08. The number of nitrogens with zero attached hydrogens (tertiary/aromatic N) is 3. The Morgan fingerprint density at radius 2 is 2.16 bits per heavy atom. The van der Waals surface area contributed by atoms with Crippen LogP contribution in [-0.2, 0) is 6.54 Å². The maximum absolute atomic E-state index is 12.3. The van der Waals surface area contributed by atoms with Crippen LogP contribution in [0, 0.1) is 5.92 Å². The molecular formula is C14H22ClN3O. The van der Waals surface area contributed by atoms with Gasteiger partial charge >= 0.3 is 0 Å². The summed E-state index contributed by atoms with van der Waals surface area (Å²) in [4.78, 5) is 18.7. The van der Waals surface area contributed by atoms with Crippen LogP contribution < -0.4 is 10.5 Å². The Balaban J connectivity index is 2.11. The lowest BCUT2D eigenvalue weighted by atomic mass is 9.94. The third kappa shape index (κ3) is 3.30. The Bertz CT molecular complexity index is 464. The van der Waals surface area contributed by atoms with Crippen LogP contribution in [-0.4, -0.2) is 28.0 Å². The minimum Gasteiger partial charge on any atom is -0.352 e. The molecule has 1 aromatic rings. The highest BCUT2D eigenvalue weighted by Gasteiger charge is 2.24. The summed E-state index contributed by atoms with van der Waals surface area (Å²) < 4.78 is 1.75. The number of aryl methyl sites for hydroxylation is 1. The van der Waals surface area contributed by atoms with Gasteiger partial charge in [-0.2, -0.15) is 0 Å². The van der Waals surface area contributed by atoms with Gasteiger partial charge in [0.2, 0.25) is 0 Å². The minimum atomic E-state index is 0.0294. The van der Waals surface area contributed by atoms with E-state index in [1.807, 2.05) is 0 Å². The van der Waals surface area contributed by atoms with E-state index in [1.54, 1.807) is 17.0 Å². The van der Waals surface area contributed by atoms with Gasteiger partial charge in [0.25, 0.3) is 5.56 Å². The normalized spacial score (nSPS) is 18.6. The lowest BCUT2D eigenvalue weighted by molar-refractivity contribution is 0.397. The first kappa shape index (κ1) is 14.4. The van der Waals surface area contributed by atoms with Crippen molar-refractivity contribution in [3.05, 3.63) is 22.7 Å². The summed E-state index contributed by atoms with van der Waals surface area (Å²) in [7, 11) is 0. The van der Waals surface area contributed by atoms with Crippen molar-refractivity contribution in [2.45, 2.75) is 45.0 Å². The Morgan fingerprint density at radius 1 is 1.47 bits per heavy atom. The van der Waals surface area contributed by atoms with Gasteiger partial charge in [-0.15, -0.1) is 11.6 Å². The van der Waals surface area contributed by atoms with Crippen LogP contribution in [0.3, 0.4) is 0 Å². The van der Waals surface area contributed by atoms with Crippen molar-refractivity contribution in [1.82, 2.24) is 9.55 Å². The molecule has 0 amide bonds. The summed E-state index contributed by atoms with van der Waals surface area (Å²) in [6, 6.07) is 0. The van der Waals surface area contributed by atoms with Crippen LogP contribution >= 0.6 is 11.6 Å². The van der Waals surface area contributed by atoms with E-state index in [2.05, 4.69) is 23.7 Å². The van der Waals surface area contributed by atoms with Crippen LogP contribution in [0.25, 0.3) is 0 Å². The summed E-state index contributed by atoms with van der Waals surface area (Å²) in [6.07, 6.45) is 6.52. The Morgan fingerprint density at radius 3 is 2.74 bits per heavy atom. The van der Waals surface area contributed by atoms with Crippen LogP contribution in [0.4, 0.5) is 5.82 Å².